The normalized spacial score (nSPS) is 18.5. The molecule has 0 radical (unpaired) electrons. The summed E-state index contributed by atoms with van der Waals surface area (Å²) in [6.07, 6.45) is -3.13. The van der Waals surface area contributed by atoms with Gasteiger partial charge in [0.15, 0.2) is 11.0 Å². The van der Waals surface area contributed by atoms with Crippen LogP contribution in [0, 0.1) is 6.92 Å². The molecule has 0 unspecified atom stereocenters. The molecule has 0 aliphatic carbocycles. The van der Waals surface area contributed by atoms with Gasteiger partial charge in [-0.15, -0.1) is 18.3 Å². The highest BCUT2D eigenvalue weighted by Crippen LogP contribution is 2.31. The van der Waals surface area contributed by atoms with E-state index in [0.717, 1.165) is 24.6 Å². The number of aromatic nitrogens is 2. The number of anilines is 1. The van der Waals surface area contributed by atoms with Crippen LogP contribution in [0.25, 0.3) is 6.08 Å². The van der Waals surface area contributed by atoms with Crippen molar-refractivity contribution in [3.8, 4) is 5.75 Å². The van der Waals surface area contributed by atoms with E-state index in [-0.39, 0.29) is 11.7 Å². The quantitative estimate of drug-likeness (QED) is 0.665. The number of hydrogen-bond acceptors (Lipinski definition) is 7. The second-order valence-corrected chi connectivity index (χ2v) is 7.94. The molecule has 0 N–H and O–H groups in total. The Labute approximate surface area is 180 Å². The molecule has 11 heteroatoms. The van der Waals surface area contributed by atoms with E-state index in [1.807, 2.05) is 24.0 Å². The van der Waals surface area contributed by atoms with E-state index in [9.17, 15) is 18.0 Å². The summed E-state index contributed by atoms with van der Waals surface area (Å²) in [6, 6.07) is 9.19. The van der Waals surface area contributed by atoms with Gasteiger partial charge in [-0.3, -0.25) is 4.79 Å². The Morgan fingerprint density at radius 1 is 1.00 bits per heavy atom. The largest absolute Gasteiger partial charge is 0.573 e. The van der Waals surface area contributed by atoms with E-state index in [0.29, 0.717) is 28.7 Å². The molecular weight excluding hydrogens is 431 g/mol. The van der Waals surface area contributed by atoms with Crippen molar-refractivity contribution in [1.29, 1.82) is 0 Å². The number of halogens is 3. The van der Waals surface area contributed by atoms with Crippen LogP contribution in [-0.2, 0) is 4.79 Å². The van der Waals surface area contributed by atoms with Crippen LogP contribution in [0.3, 0.4) is 0 Å². The number of amides is 1. The van der Waals surface area contributed by atoms with Crippen molar-refractivity contribution in [3.05, 3.63) is 52.6 Å². The van der Waals surface area contributed by atoms with Gasteiger partial charge in [0.2, 0.25) is 0 Å². The maximum absolute atomic E-state index is 12.3. The summed E-state index contributed by atoms with van der Waals surface area (Å²) in [5.74, 6) is 0.149. The van der Waals surface area contributed by atoms with Gasteiger partial charge in [0.05, 0.1) is 10.6 Å². The molecule has 31 heavy (non-hydrogen) atoms. The van der Waals surface area contributed by atoms with E-state index in [1.54, 1.807) is 6.08 Å². The third kappa shape index (κ3) is 5.35. The number of nitrogens with zero attached hydrogens (tertiary/aromatic N) is 5. The third-order valence-electron chi connectivity index (χ3n) is 4.68. The zero-order valence-electron chi connectivity index (χ0n) is 16.5. The molecule has 1 saturated heterocycles. The predicted octanol–water partition coefficient (Wildman–Crippen LogP) is 3.48. The zero-order chi connectivity index (χ0) is 22.0. The first-order chi connectivity index (χ1) is 14.8. The summed E-state index contributed by atoms with van der Waals surface area (Å²) in [5.41, 5.74) is 1.45. The number of carbonyl (C=O) groups is 1. The lowest BCUT2D eigenvalue weighted by Gasteiger charge is -2.35. The van der Waals surface area contributed by atoms with Crippen LogP contribution in [-0.4, -0.2) is 58.7 Å². The summed E-state index contributed by atoms with van der Waals surface area (Å²) in [4.78, 5) is 21.0. The molecule has 3 heterocycles. The summed E-state index contributed by atoms with van der Waals surface area (Å²) in [5, 5.41) is 8.92. The topological polar surface area (TPSA) is 70.9 Å². The highest BCUT2D eigenvalue weighted by Gasteiger charge is 2.31. The highest BCUT2D eigenvalue weighted by molar-refractivity contribution is 8.18. The van der Waals surface area contributed by atoms with Gasteiger partial charge in [-0.05, 0) is 54.6 Å². The Bertz CT molecular complexity index is 1010. The Balaban J connectivity index is 1.36. The number of aliphatic imine (C=N–C) groups is 1. The minimum atomic E-state index is -4.74. The van der Waals surface area contributed by atoms with Gasteiger partial charge < -0.3 is 14.5 Å². The number of benzene rings is 1. The van der Waals surface area contributed by atoms with Crippen LogP contribution >= 0.6 is 11.8 Å². The second kappa shape index (κ2) is 8.58. The Hall–Kier alpha value is -3.08. The third-order valence-corrected chi connectivity index (χ3v) is 5.72. The Kier molecular flexibility index (Phi) is 5.86. The van der Waals surface area contributed by atoms with E-state index in [2.05, 4.69) is 24.8 Å². The minimum absolute atomic E-state index is 0.312. The lowest BCUT2D eigenvalue weighted by Crippen LogP contribution is -2.48. The van der Waals surface area contributed by atoms with Crippen molar-refractivity contribution in [3.63, 3.8) is 0 Å². The van der Waals surface area contributed by atoms with Crippen LogP contribution in [0.15, 0.2) is 46.3 Å². The van der Waals surface area contributed by atoms with Crippen molar-refractivity contribution in [2.24, 2.45) is 4.99 Å². The Morgan fingerprint density at radius 3 is 2.29 bits per heavy atom. The van der Waals surface area contributed by atoms with Crippen molar-refractivity contribution < 1.29 is 22.7 Å². The van der Waals surface area contributed by atoms with E-state index in [1.165, 1.54) is 36.0 Å². The molecule has 1 aromatic carbocycles. The lowest BCUT2D eigenvalue weighted by molar-refractivity contribution is -0.274. The van der Waals surface area contributed by atoms with Gasteiger partial charge in [0.25, 0.3) is 5.91 Å². The summed E-state index contributed by atoms with van der Waals surface area (Å²) in [7, 11) is 0. The molecule has 0 spiro atoms. The summed E-state index contributed by atoms with van der Waals surface area (Å²) in [6.45, 7) is 4.71. The maximum Gasteiger partial charge on any atom is 0.573 e. The molecule has 2 aliphatic heterocycles. The number of carbonyl (C=O) groups excluding carboxylic acids is 1. The molecule has 2 aromatic rings. The molecule has 1 amide bonds. The molecule has 0 saturated carbocycles. The summed E-state index contributed by atoms with van der Waals surface area (Å²) >= 11 is 1.26. The lowest BCUT2D eigenvalue weighted by atomic mass is 10.2. The number of piperazine rings is 1. The molecule has 1 fully saturated rings. The van der Waals surface area contributed by atoms with Gasteiger partial charge in [-0.1, -0.05) is 12.1 Å². The average molecular weight is 449 g/mol. The molecule has 2 aliphatic rings. The van der Waals surface area contributed by atoms with E-state index < -0.39 is 6.36 Å². The van der Waals surface area contributed by atoms with Gasteiger partial charge in [0.1, 0.15) is 5.75 Å². The standard InChI is InChI=1S/C20H18F3N5O2S/c1-13-2-7-17(26-25-13)27-8-10-28(11-9-27)19-24-18(29)16(31-19)12-14-3-5-15(6-4-14)30-20(21,22)23/h2-7,12H,8-11H2,1H3/b16-12+. The first-order valence-electron chi connectivity index (χ1n) is 9.45. The first-order valence-corrected chi connectivity index (χ1v) is 10.3. The number of thioether (sulfide) groups is 1. The highest BCUT2D eigenvalue weighted by atomic mass is 32.2. The first kappa shape index (κ1) is 21.2. The number of hydrogen-bond donors (Lipinski definition) is 0. The van der Waals surface area contributed by atoms with E-state index >= 15 is 0 Å². The zero-order valence-corrected chi connectivity index (χ0v) is 17.3. The van der Waals surface area contributed by atoms with Crippen molar-refractivity contribution >= 4 is 34.7 Å². The van der Waals surface area contributed by atoms with Gasteiger partial charge >= 0.3 is 6.36 Å². The fourth-order valence-corrected chi connectivity index (χ4v) is 4.10. The van der Waals surface area contributed by atoms with Crippen LogP contribution in [0.4, 0.5) is 19.0 Å². The molecule has 0 bridgehead atoms. The van der Waals surface area contributed by atoms with Gasteiger partial charge in [0, 0.05) is 26.2 Å². The number of amidine groups is 1. The molecular formula is C20H18F3N5O2S. The van der Waals surface area contributed by atoms with Crippen molar-refractivity contribution in [1.82, 2.24) is 15.1 Å². The van der Waals surface area contributed by atoms with Crippen LogP contribution in [0.5, 0.6) is 5.75 Å². The van der Waals surface area contributed by atoms with Crippen LogP contribution < -0.4 is 9.64 Å². The molecule has 162 valence electrons. The fraction of sp³-hybridized carbons (Fsp3) is 0.300. The SMILES string of the molecule is Cc1ccc(N2CCN(C3=NC(=O)/C(=C\c4ccc(OC(F)(F)F)cc4)S3)CC2)nn1. The van der Waals surface area contributed by atoms with Crippen LogP contribution in [0.2, 0.25) is 0 Å². The smallest absolute Gasteiger partial charge is 0.406 e. The Morgan fingerprint density at radius 2 is 1.68 bits per heavy atom. The number of ether oxygens (including phenoxy) is 1. The maximum atomic E-state index is 12.3. The van der Waals surface area contributed by atoms with Crippen molar-refractivity contribution in [2.75, 3.05) is 31.1 Å². The molecule has 1 aromatic heterocycles. The van der Waals surface area contributed by atoms with Crippen molar-refractivity contribution in [2.45, 2.75) is 13.3 Å². The van der Waals surface area contributed by atoms with E-state index in [4.69, 9.17) is 0 Å². The molecule has 0 atom stereocenters. The predicted molar refractivity (Wildman–Crippen MR) is 112 cm³/mol. The summed E-state index contributed by atoms with van der Waals surface area (Å²) < 4.78 is 40.7. The average Bonchev–Trinajstić information content (AvgIpc) is 3.09. The number of aryl methyl sites for hydroxylation is 1. The monoisotopic (exact) mass is 449 g/mol. The molecule has 4 rings (SSSR count). The number of alkyl halides is 3. The van der Waals surface area contributed by atoms with Crippen LogP contribution in [0.1, 0.15) is 11.3 Å². The minimum Gasteiger partial charge on any atom is -0.406 e. The second-order valence-electron chi connectivity index (χ2n) is 6.93. The van der Waals surface area contributed by atoms with Gasteiger partial charge in [-0.25, -0.2) is 0 Å². The number of rotatable bonds is 3. The van der Waals surface area contributed by atoms with Gasteiger partial charge in [-0.2, -0.15) is 10.1 Å². The fourth-order valence-electron chi connectivity index (χ4n) is 3.14. The molecule has 7 nitrogen and oxygen atoms in total.